The molecule has 0 saturated carbocycles. The Balaban J connectivity index is 1.98. The molecule has 114 valence electrons. The standard InChI is InChI=1S/C17H21N5/c1-3-4-5-8-13-11-16(18)22(21-13)17-12(2)19-14-9-6-7-10-15(14)20-17/h6-7,9-11H,3-5,8,18H2,1-2H3. The van der Waals surface area contributed by atoms with Gasteiger partial charge in [0.15, 0.2) is 5.82 Å². The summed E-state index contributed by atoms with van der Waals surface area (Å²) in [4.78, 5) is 9.27. The van der Waals surface area contributed by atoms with Crippen molar-refractivity contribution in [3.8, 4) is 5.82 Å². The molecule has 2 N–H and O–H groups in total. The maximum Gasteiger partial charge on any atom is 0.177 e. The smallest absolute Gasteiger partial charge is 0.177 e. The number of benzene rings is 1. The number of unbranched alkanes of at least 4 members (excludes halogenated alkanes) is 2. The van der Waals surface area contributed by atoms with Crippen LogP contribution in [-0.4, -0.2) is 19.7 Å². The number of anilines is 1. The molecular weight excluding hydrogens is 274 g/mol. The molecule has 0 aliphatic rings. The van der Waals surface area contributed by atoms with Crippen molar-refractivity contribution in [1.29, 1.82) is 0 Å². The summed E-state index contributed by atoms with van der Waals surface area (Å²) in [5, 5.41) is 4.61. The third kappa shape index (κ3) is 2.79. The van der Waals surface area contributed by atoms with Crippen LogP contribution in [-0.2, 0) is 6.42 Å². The number of nitrogens with two attached hydrogens (primary N) is 1. The van der Waals surface area contributed by atoms with E-state index in [9.17, 15) is 0 Å². The highest BCUT2D eigenvalue weighted by molar-refractivity contribution is 5.75. The maximum absolute atomic E-state index is 6.12. The van der Waals surface area contributed by atoms with E-state index in [4.69, 9.17) is 5.73 Å². The van der Waals surface area contributed by atoms with Crippen molar-refractivity contribution in [2.45, 2.75) is 39.5 Å². The molecule has 0 radical (unpaired) electrons. The first-order chi connectivity index (χ1) is 10.7. The molecule has 0 fully saturated rings. The molecular formula is C17H21N5. The van der Waals surface area contributed by atoms with Crippen LogP contribution < -0.4 is 5.73 Å². The molecule has 0 unspecified atom stereocenters. The van der Waals surface area contributed by atoms with Crippen molar-refractivity contribution in [2.24, 2.45) is 0 Å². The summed E-state index contributed by atoms with van der Waals surface area (Å²) in [5.74, 6) is 1.32. The normalized spacial score (nSPS) is 11.2. The zero-order valence-corrected chi connectivity index (χ0v) is 13.1. The zero-order valence-electron chi connectivity index (χ0n) is 13.1. The summed E-state index contributed by atoms with van der Waals surface area (Å²) in [7, 11) is 0. The van der Waals surface area contributed by atoms with E-state index in [1.807, 2.05) is 37.3 Å². The van der Waals surface area contributed by atoms with Crippen molar-refractivity contribution >= 4 is 16.9 Å². The molecule has 5 heteroatoms. The largest absolute Gasteiger partial charge is 0.384 e. The Kier molecular flexibility index (Phi) is 4.04. The summed E-state index contributed by atoms with van der Waals surface area (Å²) in [6.07, 6.45) is 4.49. The van der Waals surface area contributed by atoms with Gasteiger partial charge in [-0.1, -0.05) is 31.9 Å². The predicted molar refractivity (Wildman–Crippen MR) is 89.0 cm³/mol. The number of nitrogen functional groups attached to an aromatic ring is 1. The molecule has 3 rings (SSSR count). The highest BCUT2D eigenvalue weighted by atomic mass is 15.3. The minimum Gasteiger partial charge on any atom is -0.384 e. The lowest BCUT2D eigenvalue weighted by Crippen LogP contribution is -2.08. The lowest BCUT2D eigenvalue weighted by Gasteiger charge is -2.07. The SMILES string of the molecule is CCCCCc1cc(N)n(-c2nc3ccccc3nc2C)n1. The van der Waals surface area contributed by atoms with Gasteiger partial charge in [0.2, 0.25) is 0 Å². The molecule has 0 saturated heterocycles. The van der Waals surface area contributed by atoms with E-state index in [0.29, 0.717) is 11.6 Å². The van der Waals surface area contributed by atoms with E-state index in [1.54, 1.807) is 4.68 Å². The molecule has 1 aromatic carbocycles. The van der Waals surface area contributed by atoms with E-state index < -0.39 is 0 Å². The van der Waals surface area contributed by atoms with Crippen LogP contribution in [0, 0.1) is 6.92 Å². The third-order valence-corrected chi connectivity index (χ3v) is 3.74. The fourth-order valence-corrected chi connectivity index (χ4v) is 2.57. The Morgan fingerprint density at radius 2 is 1.82 bits per heavy atom. The number of para-hydroxylation sites is 2. The van der Waals surface area contributed by atoms with Crippen LogP contribution >= 0.6 is 0 Å². The first-order valence-electron chi connectivity index (χ1n) is 7.77. The molecule has 0 spiro atoms. The lowest BCUT2D eigenvalue weighted by atomic mass is 10.2. The molecule has 3 aromatic rings. The number of hydrogen-bond donors (Lipinski definition) is 1. The molecule has 0 atom stereocenters. The lowest BCUT2D eigenvalue weighted by molar-refractivity contribution is 0.696. The highest BCUT2D eigenvalue weighted by Crippen LogP contribution is 2.19. The Morgan fingerprint density at radius 3 is 2.55 bits per heavy atom. The van der Waals surface area contributed by atoms with Crippen molar-refractivity contribution in [2.75, 3.05) is 5.73 Å². The fourth-order valence-electron chi connectivity index (χ4n) is 2.57. The van der Waals surface area contributed by atoms with Crippen LogP contribution in [0.1, 0.15) is 37.6 Å². The van der Waals surface area contributed by atoms with E-state index in [-0.39, 0.29) is 0 Å². The number of rotatable bonds is 5. The van der Waals surface area contributed by atoms with Crippen LogP contribution in [0.15, 0.2) is 30.3 Å². The number of hydrogen-bond acceptors (Lipinski definition) is 4. The van der Waals surface area contributed by atoms with Gasteiger partial charge >= 0.3 is 0 Å². The monoisotopic (exact) mass is 295 g/mol. The van der Waals surface area contributed by atoms with Crippen LogP contribution in [0.4, 0.5) is 5.82 Å². The van der Waals surface area contributed by atoms with Gasteiger partial charge in [-0.15, -0.1) is 0 Å². The molecule has 0 aliphatic heterocycles. The fraction of sp³-hybridized carbons (Fsp3) is 0.353. The van der Waals surface area contributed by atoms with Crippen molar-refractivity contribution in [3.63, 3.8) is 0 Å². The second-order valence-electron chi connectivity index (χ2n) is 5.55. The quantitative estimate of drug-likeness (QED) is 0.732. The maximum atomic E-state index is 6.12. The first-order valence-corrected chi connectivity index (χ1v) is 7.77. The first kappa shape index (κ1) is 14.5. The predicted octanol–water partition coefficient (Wildman–Crippen LogP) is 3.44. The van der Waals surface area contributed by atoms with Gasteiger partial charge in [-0.05, 0) is 31.9 Å². The third-order valence-electron chi connectivity index (χ3n) is 3.74. The number of nitrogens with zero attached hydrogens (tertiary/aromatic N) is 4. The van der Waals surface area contributed by atoms with Gasteiger partial charge in [0.25, 0.3) is 0 Å². The number of aryl methyl sites for hydroxylation is 2. The molecule has 0 bridgehead atoms. The van der Waals surface area contributed by atoms with Gasteiger partial charge in [0, 0.05) is 6.07 Å². The van der Waals surface area contributed by atoms with Gasteiger partial charge in [-0.2, -0.15) is 9.78 Å². The average Bonchev–Trinajstić information content (AvgIpc) is 2.87. The Hall–Kier alpha value is -2.43. The van der Waals surface area contributed by atoms with E-state index >= 15 is 0 Å². The zero-order chi connectivity index (χ0) is 15.5. The number of aromatic nitrogens is 4. The van der Waals surface area contributed by atoms with Crippen LogP contribution in [0.2, 0.25) is 0 Å². The molecule has 0 aliphatic carbocycles. The van der Waals surface area contributed by atoms with Crippen LogP contribution in [0.25, 0.3) is 16.9 Å². The Labute approximate surface area is 130 Å². The van der Waals surface area contributed by atoms with Crippen LogP contribution in [0.5, 0.6) is 0 Å². The molecule has 2 heterocycles. The summed E-state index contributed by atoms with van der Waals surface area (Å²) >= 11 is 0. The van der Waals surface area contributed by atoms with E-state index in [2.05, 4.69) is 22.0 Å². The van der Waals surface area contributed by atoms with Gasteiger partial charge in [0.1, 0.15) is 5.82 Å². The van der Waals surface area contributed by atoms with Gasteiger partial charge in [0.05, 0.1) is 22.4 Å². The Morgan fingerprint density at radius 1 is 1.09 bits per heavy atom. The Bertz CT molecular complexity index is 791. The molecule has 22 heavy (non-hydrogen) atoms. The topological polar surface area (TPSA) is 69.6 Å². The minimum atomic E-state index is 0.610. The van der Waals surface area contributed by atoms with E-state index in [1.165, 1.54) is 12.8 Å². The summed E-state index contributed by atoms with van der Waals surface area (Å²) in [5.41, 5.74) is 9.70. The van der Waals surface area contributed by atoms with E-state index in [0.717, 1.165) is 35.3 Å². The van der Waals surface area contributed by atoms with Gasteiger partial charge in [-0.3, -0.25) is 0 Å². The molecule has 2 aromatic heterocycles. The molecule has 5 nitrogen and oxygen atoms in total. The second-order valence-corrected chi connectivity index (χ2v) is 5.55. The van der Waals surface area contributed by atoms with Gasteiger partial charge < -0.3 is 5.73 Å². The number of fused-ring (bicyclic) bond motifs is 1. The van der Waals surface area contributed by atoms with Crippen molar-refractivity contribution < 1.29 is 0 Å². The average molecular weight is 295 g/mol. The van der Waals surface area contributed by atoms with Crippen molar-refractivity contribution in [1.82, 2.24) is 19.7 Å². The molecule has 0 amide bonds. The summed E-state index contributed by atoms with van der Waals surface area (Å²) in [6, 6.07) is 9.77. The van der Waals surface area contributed by atoms with Crippen molar-refractivity contribution in [3.05, 3.63) is 41.7 Å². The highest BCUT2D eigenvalue weighted by Gasteiger charge is 2.12. The minimum absolute atomic E-state index is 0.610. The second kappa shape index (κ2) is 6.13. The van der Waals surface area contributed by atoms with Crippen LogP contribution in [0.3, 0.4) is 0 Å². The summed E-state index contributed by atoms with van der Waals surface area (Å²) < 4.78 is 1.70. The van der Waals surface area contributed by atoms with Gasteiger partial charge in [-0.25, -0.2) is 9.97 Å². The summed E-state index contributed by atoms with van der Waals surface area (Å²) in [6.45, 7) is 4.13.